The number of hydrogen-bond acceptors (Lipinski definition) is 2. The molecule has 0 amide bonds. The molecule has 0 saturated heterocycles. The number of rotatable bonds is 3. The summed E-state index contributed by atoms with van der Waals surface area (Å²) in [6.07, 6.45) is -2.69. The molecule has 5 heteroatoms. The monoisotopic (exact) mass is 258 g/mol. The van der Waals surface area contributed by atoms with E-state index in [1.807, 2.05) is 0 Å². The van der Waals surface area contributed by atoms with Gasteiger partial charge in [0, 0.05) is 0 Å². The van der Waals surface area contributed by atoms with Crippen LogP contribution in [0.5, 0.6) is 0 Å². The maximum absolute atomic E-state index is 12.5. The molecule has 0 atom stereocenters. The van der Waals surface area contributed by atoms with Crippen LogP contribution in [0.15, 0.2) is 24.3 Å². The number of ether oxygens (including phenoxy) is 1. The third-order valence-electron chi connectivity index (χ3n) is 3.27. The maximum Gasteiger partial charge on any atom is 0.416 e. The Balaban J connectivity index is 2.18. The molecule has 1 aliphatic rings. The van der Waals surface area contributed by atoms with Gasteiger partial charge in [0.25, 0.3) is 0 Å². The topological polar surface area (TPSA) is 26.3 Å². The van der Waals surface area contributed by atoms with Crippen molar-refractivity contribution in [1.82, 2.24) is 0 Å². The Morgan fingerprint density at radius 1 is 1.39 bits per heavy atom. The lowest BCUT2D eigenvalue weighted by Crippen LogP contribution is -2.20. The number of halogens is 3. The molecule has 0 heterocycles. The van der Waals surface area contributed by atoms with Crippen molar-refractivity contribution in [1.29, 1.82) is 0 Å². The quantitative estimate of drug-likeness (QED) is 0.778. The molecule has 0 radical (unpaired) electrons. The molecular weight excluding hydrogens is 245 g/mol. The van der Waals surface area contributed by atoms with Crippen LogP contribution in [-0.2, 0) is 22.1 Å². The maximum atomic E-state index is 12.5. The zero-order valence-corrected chi connectivity index (χ0v) is 9.88. The third kappa shape index (κ3) is 2.49. The lowest BCUT2D eigenvalue weighted by atomic mass is 9.95. The molecule has 1 aromatic rings. The number of methoxy groups -OCH3 is 1. The number of esters is 1. The van der Waals surface area contributed by atoms with Gasteiger partial charge in [-0.05, 0) is 30.9 Å². The molecule has 1 fully saturated rings. The highest BCUT2D eigenvalue weighted by molar-refractivity contribution is 5.80. The van der Waals surface area contributed by atoms with Crippen LogP contribution >= 0.6 is 0 Å². The normalized spacial score (nSPS) is 17.3. The number of carbonyl (C=O) groups is 1. The first-order valence-electron chi connectivity index (χ1n) is 5.62. The molecule has 1 aromatic carbocycles. The minimum absolute atomic E-state index is 0.309. The fourth-order valence-corrected chi connectivity index (χ4v) is 2.07. The minimum atomic E-state index is -4.35. The van der Waals surface area contributed by atoms with Gasteiger partial charge < -0.3 is 4.74 Å². The van der Waals surface area contributed by atoms with Crippen molar-refractivity contribution in [3.8, 4) is 0 Å². The smallest absolute Gasteiger partial charge is 0.416 e. The van der Waals surface area contributed by atoms with Crippen LogP contribution in [0.3, 0.4) is 0 Å². The Morgan fingerprint density at radius 3 is 2.56 bits per heavy atom. The van der Waals surface area contributed by atoms with Crippen molar-refractivity contribution in [3.63, 3.8) is 0 Å². The first kappa shape index (κ1) is 12.9. The van der Waals surface area contributed by atoms with Gasteiger partial charge in [0.2, 0.25) is 0 Å². The summed E-state index contributed by atoms with van der Waals surface area (Å²) in [5.41, 5.74) is -0.757. The summed E-state index contributed by atoms with van der Waals surface area (Å²) in [5.74, 6) is -0.333. The zero-order chi connectivity index (χ0) is 13.4. The average Bonchev–Trinajstić information content (AvgIpc) is 3.08. The second kappa shape index (κ2) is 4.30. The molecule has 98 valence electrons. The standard InChI is InChI=1S/C13H13F3O2/c1-18-11(17)12(5-6-12)8-9-3-2-4-10(7-9)13(14,15)16/h2-4,7H,5-6,8H2,1H3. The minimum Gasteiger partial charge on any atom is -0.469 e. The summed E-state index contributed by atoms with van der Waals surface area (Å²) in [6.45, 7) is 0. The highest BCUT2D eigenvalue weighted by atomic mass is 19.4. The largest absolute Gasteiger partial charge is 0.469 e. The summed E-state index contributed by atoms with van der Waals surface area (Å²) >= 11 is 0. The van der Waals surface area contributed by atoms with Crippen molar-refractivity contribution >= 4 is 5.97 Å². The van der Waals surface area contributed by atoms with Crippen LogP contribution in [0.2, 0.25) is 0 Å². The van der Waals surface area contributed by atoms with E-state index in [1.54, 1.807) is 6.07 Å². The summed E-state index contributed by atoms with van der Waals surface area (Å²) in [5, 5.41) is 0. The van der Waals surface area contributed by atoms with Crippen molar-refractivity contribution in [2.24, 2.45) is 5.41 Å². The summed E-state index contributed by atoms with van der Waals surface area (Å²) in [4.78, 5) is 11.5. The number of carbonyl (C=O) groups excluding carboxylic acids is 1. The Bertz CT molecular complexity index is 462. The molecule has 1 aliphatic carbocycles. The van der Waals surface area contributed by atoms with Gasteiger partial charge in [0.1, 0.15) is 0 Å². The second-order valence-corrected chi connectivity index (χ2v) is 4.65. The fraction of sp³-hybridized carbons (Fsp3) is 0.462. The van der Waals surface area contributed by atoms with Gasteiger partial charge in [-0.1, -0.05) is 18.2 Å². The van der Waals surface area contributed by atoms with Crippen LogP contribution in [-0.4, -0.2) is 13.1 Å². The van der Waals surface area contributed by atoms with E-state index in [9.17, 15) is 18.0 Å². The van der Waals surface area contributed by atoms with Crippen molar-refractivity contribution in [3.05, 3.63) is 35.4 Å². The molecule has 0 bridgehead atoms. The number of alkyl halides is 3. The van der Waals surface area contributed by atoms with Crippen LogP contribution < -0.4 is 0 Å². The zero-order valence-electron chi connectivity index (χ0n) is 9.88. The molecule has 18 heavy (non-hydrogen) atoms. The summed E-state index contributed by atoms with van der Waals surface area (Å²) in [6, 6.07) is 5.11. The second-order valence-electron chi connectivity index (χ2n) is 4.65. The molecule has 2 nitrogen and oxygen atoms in total. The highest BCUT2D eigenvalue weighted by Crippen LogP contribution is 2.49. The summed E-state index contributed by atoms with van der Waals surface area (Å²) < 4.78 is 42.3. The van der Waals surface area contributed by atoms with Gasteiger partial charge in [-0.25, -0.2) is 0 Å². The van der Waals surface area contributed by atoms with Gasteiger partial charge >= 0.3 is 12.1 Å². The van der Waals surface area contributed by atoms with Crippen molar-refractivity contribution in [2.75, 3.05) is 7.11 Å². The van der Waals surface area contributed by atoms with E-state index in [0.29, 0.717) is 24.8 Å². The summed E-state index contributed by atoms with van der Waals surface area (Å²) in [7, 11) is 1.30. The Labute approximate surface area is 103 Å². The van der Waals surface area contributed by atoms with Crippen LogP contribution in [0, 0.1) is 5.41 Å². The van der Waals surface area contributed by atoms with Crippen LogP contribution in [0.25, 0.3) is 0 Å². The highest BCUT2D eigenvalue weighted by Gasteiger charge is 2.50. The van der Waals surface area contributed by atoms with Gasteiger partial charge in [0.15, 0.2) is 0 Å². The van der Waals surface area contributed by atoms with E-state index in [1.165, 1.54) is 13.2 Å². The SMILES string of the molecule is COC(=O)C1(Cc2cccc(C(F)(F)F)c2)CC1. The molecule has 0 unspecified atom stereocenters. The predicted molar refractivity (Wildman–Crippen MR) is 58.8 cm³/mol. The van der Waals surface area contributed by atoms with E-state index in [2.05, 4.69) is 4.74 Å². The lowest BCUT2D eigenvalue weighted by Gasteiger charge is -2.14. The first-order valence-corrected chi connectivity index (χ1v) is 5.62. The molecule has 0 aromatic heterocycles. The van der Waals surface area contributed by atoms with Crippen LogP contribution in [0.4, 0.5) is 13.2 Å². The Hall–Kier alpha value is -1.52. The Kier molecular flexibility index (Phi) is 3.09. The van der Waals surface area contributed by atoms with Gasteiger partial charge in [-0.3, -0.25) is 4.79 Å². The van der Waals surface area contributed by atoms with E-state index in [4.69, 9.17) is 0 Å². The number of hydrogen-bond donors (Lipinski definition) is 0. The third-order valence-corrected chi connectivity index (χ3v) is 3.27. The van der Waals surface area contributed by atoms with Crippen molar-refractivity contribution in [2.45, 2.75) is 25.4 Å². The first-order chi connectivity index (χ1) is 8.37. The molecular formula is C13H13F3O2. The molecule has 0 N–H and O–H groups in total. The van der Waals surface area contributed by atoms with E-state index < -0.39 is 17.2 Å². The van der Waals surface area contributed by atoms with E-state index >= 15 is 0 Å². The van der Waals surface area contributed by atoms with Gasteiger partial charge in [0.05, 0.1) is 18.1 Å². The van der Waals surface area contributed by atoms with Crippen LogP contribution in [0.1, 0.15) is 24.0 Å². The molecule has 0 aliphatic heterocycles. The molecule has 1 saturated carbocycles. The number of benzene rings is 1. The lowest BCUT2D eigenvalue weighted by molar-refractivity contribution is -0.147. The van der Waals surface area contributed by atoms with Gasteiger partial charge in [-0.15, -0.1) is 0 Å². The fourth-order valence-electron chi connectivity index (χ4n) is 2.07. The molecule has 2 rings (SSSR count). The van der Waals surface area contributed by atoms with E-state index in [0.717, 1.165) is 12.1 Å². The Morgan fingerprint density at radius 2 is 2.06 bits per heavy atom. The average molecular weight is 258 g/mol. The van der Waals surface area contributed by atoms with E-state index in [-0.39, 0.29) is 5.97 Å². The molecule has 0 spiro atoms. The van der Waals surface area contributed by atoms with Crippen molar-refractivity contribution < 1.29 is 22.7 Å². The predicted octanol–water partition coefficient (Wildman–Crippen LogP) is 3.20. The van der Waals surface area contributed by atoms with Gasteiger partial charge in [-0.2, -0.15) is 13.2 Å².